The van der Waals surface area contributed by atoms with Crippen molar-refractivity contribution >= 4 is 5.95 Å². The molecule has 2 atom stereocenters. The van der Waals surface area contributed by atoms with Crippen LogP contribution in [0.1, 0.15) is 36.0 Å². The summed E-state index contributed by atoms with van der Waals surface area (Å²) in [6.07, 6.45) is 7.67. The second-order valence-electron chi connectivity index (χ2n) is 5.63. The van der Waals surface area contributed by atoms with Gasteiger partial charge in [-0.1, -0.05) is 37.3 Å². The summed E-state index contributed by atoms with van der Waals surface area (Å²) in [7, 11) is 0. The molecule has 5 heteroatoms. The van der Waals surface area contributed by atoms with E-state index < -0.39 is 0 Å². The first-order chi connectivity index (χ1) is 10.7. The number of rotatable bonds is 4. The largest absolute Gasteiger partial charge is 0.349 e. The van der Waals surface area contributed by atoms with Crippen LogP contribution in [0, 0.1) is 6.92 Å². The van der Waals surface area contributed by atoms with E-state index in [4.69, 9.17) is 0 Å². The van der Waals surface area contributed by atoms with Gasteiger partial charge < -0.3 is 5.32 Å². The molecular weight excluding hydrogens is 276 g/mol. The highest BCUT2D eigenvalue weighted by Gasteiger charge is 2.23. The first-order valence-electron chi connectivity index (χ1n) is 7.62. The summed E-state index contributed by atoms with van der Waals surface area (Å²) >= 11 is 0. The number of nitrogens with one attached hydrogen (secondary N) is 2. The number of aryl methyl sites for hydroxylation is 2. The lowest BCUT2D eigenvalue weighted by atomic mass is 9.88. The summed E-state index contributed by atoms with van der Waals surface area (Å²) in [5, 5.41) is 3.24. The van der Waals surface area contributed by atoms with Gasteiger partial charge in [0.25, 0.3) is 0 Å². The molecule has 114 valence electrons. The van der Waals surface area contributed by atoms with E-state index in [0.717, 1.165) is 12.8 Å². The Hall–Kier alpha value is -2.43. The predicted molar refractivity (Wildman–Crippen MR) is 87.1 cm³/mol. The first kappa shape index (κ1) is 14.5. The number of anilines is 1. The third-order valence-corrected chi connectivity index (χ3v) is 4.16. The van der Waals surface area contributed by atoms with Crippen LogP contribution in [0.4, 0.5) is 5.95 Å². The van der Waals surface area contributed by atoms with Crippen LogP contribution in [0.2, 0.25) is 0 Å². The lowest BCUT2D eigenvalue weighted by molar-refractivity contribution is 0.722. The molecule has 1 heterocycles. The smallest absolute Gasteiger partial charge is 0.349 e. The van der Waals surface area contributed by atoms with E-state index in [1.54, 1.807) is 0 Å². The van der Waals surface area contributed by atoms with E-state index in [9.17, 15) is 4.79 Å². The molecule has 5 nitrogen and oxygen atoms in total. The monoisotopic (exact) mass is 296 g/mol. The summed E-state index contributed by atoms with van der Waals surface area (Å²) in [5.41, 5.74) is 3.79. The quantitative estimate of drug-likeness (QED) is 0.851. The van der Waals surface area contributed by atoms with Crippen LogP contribution in [0.25, 0.3) is 0 Å². The van der Waals surface area contributed by atoms with E-state index in [-0.39, 0.29) is 11.7 Å². The third-order valence-electron chi connectivity index (χ3n) is 4.16. The van der Waals surface area contributed by atoms with Crippen molar-refractivity contribution in [3.63, 3.8) is 0 Å². The van der Waals surface area contributed by atoms with Crippen molar-refractivity contribution in [2.45, 2.75) is 38.6 Å². The zero-order valence-electron chi connectivity index (χ0n) is 12.8. The molecule has 2 N–H and O–H groups in total. The molecule has 0 saturated carbocycles. The Morgan fingerprint density at radius 1 is 1.32 bits per heavy atom. The number of H-pyrrole nitrogens is 1. The average molecular weight is 296 g/mol. The second-order valence-corrected chi connectivity index (χ2v) is 5.63. The van der Waals surface area contributed by atoms with Crippen molar-refractivity contribution in [1.82, 2.24) is 15.0 Å². The van der Waals surface area contributed by atoms with Gasteiger partial charge in [-0.25, -0.2) is 9.78 Å². The highest BCUT2D eigenvalue weighted by molar-refractivity contribution is 5.42. The van der Waals surface area contributed by atoms with Gasteiger partial charge in [0.1, 0.15) is 6.33 Å². The van der Waals surface area contributed by atoms with Crippen LogP contribution in [0.5, 0.6) is 0 Å². The van der Waals surface area contributed by atoms with Gasteiger partial charge >= 0.3 is 5.69 Å². The Morgan fingerprint density at radius 2 is 2.18 bits per heavy atom. The molecule has 0 aliphatic heterocycles. The molecule has 0 bridgehead atoms. The molecule has 0 fully saturated rings. The zero-order valence-corrected chi connectivity index (χ0v) is 12.8. The molecule has 22 heavy (non-hydrogen) atoms. The van der Waals surface area contributed by atoms with Gasteiger partial charge in [0.2, 0.25) is 5.95 Å². The summed E-state index contributed by atoms with van der Waals surface area (Å²) in [5.74, 6) is 0.873. The van der Waals surface area contributed by atoms with Gasteiger partial charge in [-0.3, -0.25) is 4.98 Å². The molecule has 1 aromatic carbocycles. The Kier molecular flexibility index (Phi) is 4.04. The van der Waals surface area contributed by atoms with Gasteiger partial charge in [0.05, 0.1) is 0 Å². The second kappa shape index (κ2) is 6.13. The van der Waals surface area contributed by atoms with Crippen molar-refractivity contribution < 1.29 is 0 Å². The van der Waals surface area contributed by atoms with Crippen molar-refractivity contribution in [3.8, 4) is 0 Å². The van der Waals surface area contributed by atoms with Crippen LogP contribution < -0.4 is 11.0 Å². The minimum Gasteiger partial charge on any atom is -0.349 e. The molecule has 2 aromatic rings. The number of benzene rings is 1. The molecule has 1 aliphatic rings. The van der Waals surface area contributed by atoms with E-state index >= 15 is 0 Å². The maximum atomic E-state index is 11.2. The maximum absolute atomic E-state index is 11.2. The highest BCUT2D eigenvalue weighted by atomic mass is 16.1. The Labute approximate surface area is 129 Å². The molecule has 0 radical (unpaired) electrons. The molecule has 1 aromatic heterocycles. The highest BCUT2D eigenvalue weighted by Crippen LogP contribution is 2.34. The van der Waals surface area contributed by atoms with Crippen molar-refractivity contribution in [1.29, 1.82) is 0 Å². The van der Waals surface area contributed by atoms with E-state index in [1.165, 1.54) is 23.0 Å². The number of nitrogens with zero attached hydrogens (tertiary/aromatic N) is 2. The van der Waals surface area contributed by atoms with Crippen LogP contribution >= 0.6 is 0 Å². The van der Waals surface area contributed by atoms with Crippen LogP contribution in [-0.4, -0.2) is 21.0 Å². The Balaban J connectivity index is 1.76. The number of aromatic amines is 1. The normalized spacial score (nSPS) is 20.3. The summed E-state index contributed by atoms with van der Waals surface area (Å²) in [4.78, 5) is 21.4. The Bertz CT molecular complexity index is 750. The molecule has 0 spiro atoms. The molecule has 0 amide bonds. The van der Waals surface area contributed by atoms with E-state index in [0.29, 0.717) is 11.9 Å². The molecule has 3 rings (SSSR count). The fraction of sp³-hybridized carbons (Fsp3) is 0.353. The molecule has 1 aliphatic carbocycles. The minimum absolute atomic E-state index is 0.167. The van der Waals surface area contributed by atoms with Gasteiger partial charge in [-0.15, -0.1) is 0 Å². The van der Waals surface area contributed by atoms with Gasteiger partial charge in [-0.2, -0.15) is 4.98 Å². The summed E-state index contributed by atoms with van der Waals surface area (Å²) in [6, 6.07) is 6.67. The molecule has 0 saturated heterocycles. The van der Waals surface area contributed by atoms with Crippen LogP contribution in [0.15, 0.2) is 41.5 Å². The lowest BCUT2D eigenvalue weighted by Gasteiger charge is -2.19. The number of aromatic nitrogens is 3. The number of hydrogen-bond donors (Lipinski definition) is 2. The van der Waals surface area contributed by atoms with Crippen LogP contribution in [-0.2, 0) is 6.42 Å². The predicted octanol–water partition coefficient (Wildman–Crippen LogP) is 2.56. The topological polar surface area (TPSA) is 70.7 Å². The van der Waals surface area contributed by atoms with Crippen molar-refractivity contribution in [3.05, 3.63) is 63.9 Å². The third kappa shape index (κ3) is 2.93. The lowest BCUT2D eigenvalue weighted by Crippen LogP contribution is -2.21. The Morgan fingerprint density at radius 3 is 2.95 bits per heavy atom. The van der Waals surface area contributed by atoms with Gasteiger partial charge in [0, 0.05) is 12.0 Å². The van der Waals surface area contributed by atoms with Gasteiger partial charge in [-0.05, 0) is 36.5 Å². The van der Waals surface area contributed by atoms with Crippen LogP contribution in [0.3, 0.4) is 0 Å². The molecule has 2 unspecified atom stereocenters. The zero-order chi connectivity index (χ0) is 15.5. The first-order valence-corrected chi connectivity index (χ1v) is 7.62. The average Bonchev–Trinajstić information content (AvgIpc) is 2.95. The fourth-order valence-corrected chi connectivity index (χ4v) is 3.15. The standard InChI is InChI=1S/C17H20N4O/c1-3-12-6-4-5-11(2)15(12)13-7-8-14(9-13)20-16-18-10-19-17(22)21-16/h4-8,10,13-14H,3,9H2,1-2H3,(H2,18,19,20,21,22). The summed E-state index contributed by atoms with van der Waals surface area (Å²) in [6.45, 7) is 4.36. The number of hydrogen-bond acceptors (Lipinski definition) is 4. The SMILES string of the molecule is CCc1cccc(C)c1C1C=CC(Nc2ncnc(=O)[nH]2)C1. The minimum atomic E-state index is -0.386. The summed E-state index contributed by atoms with van der Waals surface area (Å²) < 4.78 is 0. The molecular formula is C17H20N4O. The maximum Gasteiger partial charge on any atom is 0.349 e. The number of allylic oxidation sites excluding steroid dienone is 1. The van der Waals surface area contributed by atoms with E-state index in [1.807, 2.05) is 0 Å². The fourth-order valence-electron chi connectivity index (χ4n) is 3.15. The van der Waals surface area contributed by atoms with Crippen molar-refractivity contribution in [2.75, 3.05) is 5.32 Å². The van der Waals surface area contributed by atoms with Gasteiger partial charge in [0.15, 0.2) is 0 Å². The van der Waals surface area contributed by atoms with Crippen molar-refractivity contribution in [2.24, 2.45) is 0 Å². The van der Waals surface area contributed by atoms with E-state index in [2.05, 4.69) is 64.5 Å².